The Hall–Kier alpha value is -4.43. The first-order valence-corrected chi connectivity index (χ1v) is 13.8. The molecule has 2 aromatic rings. The molecule has 0 radical (unpaired) electrons. The largest absolute Gasteiger partial charge is 0.515 e. The molecule has 0 bridgehead atoms. The number of halogens is 2. The predicted molar refractivity (Wildman–Crippen MR) is 153 cm³/mol. The number of aliphatic hydroxyl groups excluding tert-OH is 1. The molecule has 1 heterocycles. The van der Waals surface area contributed by atoms with Crippen molar-refractivity contribution in [2.24, 2.45) is 10.8 Å². The molecule has 0 aromatic heterocycles. The van der Waals surface area contributed by atoms with Crippen LogP contribution >= 0.6 is 0 Å². The minimum atomic E-state index is -3.45. The van der Waals surface area contributed by atoms with Crippen molar-refractivity contribution in [3.05, 3.63) is 82.4 Å². The highest BCUT2D eigenvalue weighted by molar-refractivity contribution is 5.81. The fourth-order valence-electron chi connectivity index (χ4n) is 4.48. The summed E-state index contributed by atoms with van der Waals surface area (Å²) in [6.07, 6.45) is 3.86. The standard InChI is InChI=1S/C29H35F2N5O7/c30-29(31,21-8-4-3-5-9-21)25(37)17-13-22-14-18-27(38)35(22)19-7-2-1-6-10-26(34-32)33-20-42-28(39)43-24-15-11-23(12-16-24)36(40)41/h3-5,8-9,11-13,15-17,22,25,37H,1-2,6-7,10,14,18-20,32H2,(H,33,34)/b17-13+. The fourth-order valence-corrected chi connectivity index (χ4v) is 4.48. The topological polar surface area (TPSA) is 170 Å². The number of non-ortho nitro benzene ring substituents is 1. The predicted octanol–water partition coefficient (Wildman–Crippen LogP) is 4.58. The highest BCUT2D eigenvalue weighted by atomic mass is 19.3. The Balaban J connectivity index is 1.35. The van der Waals surface area contributed by atoms with E-state index in [-0.39, 0.29) is 35.7 Å². The van der Waals surface area contributed by atoms with Gasteiger partial charge in [0.1, 0.15) is 17.7 Å². The third kappa shape index (κ3) is 10.1. The number of benzene rings is 2. The van der Waals surface area contributed by atoms with Gasteiger partial charge in [0.15, 0.2) is 6.73 Å². The molecule has 1 saturated heterocycles. The summed E-state index contributed by atoms with van der Waals surface area (Å²) in [7, 11) is 0. The van der Waals surface area contributed by atoms with Crippen LogP contribution in [-0.2, 0) is 15.5 Å². The van der Waals surface area contributed by atoms with Gasteiger partial charge in [0.2, 0.25) is 5.91 Å². The maximum Gasteiger partial charge on any atom is 0.515 e. The highest BCUT2D eigenvalue weighted by Crippen LogP contribution is 2.33. The van der Waals surface area contributed by atoms with Crippen LogP contribution in [0, 0.1) is 10.1 Å². The minimum absolute atomic E-state index is 0.0483. The Morgan fingerprint density at radius 2 is 1.88 bits per heavy atom. The van der Waals surface area contributed by atoms with Crippen molar-refractivity contribution in [2.45, 2.75) is 63.0 Å². The van der Waals surface area contributed by atoms with Crippen LogP contribution in [0.4, 0.5) is 19.3 Å². The van der Waals surface area contributed by atoms with E-state index in [1.165, 1.54) is 54.6 Å². The molecule has 14 heteroatoms. The molecule has 0 aliphatic carbocycles. The van der Waals surface area contributed by atoms with Crippen LogP contribution in [0.5, 0.6) is 5.75 Å². The van der Waals surface area contributed by atoms with Crippen molar-refractivity contribution >= 4 is 23.6 Å². The lowest BCUT2D eigenvalue weighted by Crippen LogP contribution is -2.34. The maximum absolute atomic E-state index is 14.6. The van der Waals surface area contributed by atoms with Crippen LogP contribution < -0.4 is 16.0 Å². The number of hydrazine groups is 1. The fraction of sp³-hybridized carbons (Fsp3) is 0.414. The number of likely N-dealkylation sites (tertiary alicyclic amines) is 1. The molecule has 43 heavy (non-hydrogen) atoms. The van der Waals surface area contributed by atoms with Gasteiger partial charge in [-0.2, -0.15) is 8.78 Å². The number of alkyl halides is 2. The second-order valence-electron chi connectivity index (χ2n) is 9.80. The molecule has 1 fully saturated rings. The first-order valence-electron chi connectivity index (χ1n) is 13.8. The number of nitrogens with zero attached hydrogens (tertiary/aromatic N) is 3. The van der Waals surface area contributed by atoms with Crippen molar-refractivity contribution in [3.63, 3.8) is 0 Å². The second-order valence-corrected chi connectivity index (χ2v) is 9.80. The Bertz CT molecular complexity index is 1280. The lowest BCUT2D eigenvalue weighted by Gasteiger charge is -2.24. The number of nitro groups is 1. The lowest BCUT2D eigenvalue weighted by molar-refractivity contribution is -0.384. The van der Waals surface area contributed by atoms with E-state index in [0.717, 1.165) is 18.9 Å². The summed E-state index contributed by atoms with van der Waals surface area (Å²) in [6.45, 7) is 0.128. The van der Waals surface area contributed by atoms with Crippen molar-refractivity contribution in [1.29, 1.82) is 0 Å². The molecular weight excluding hydrogens is 568 g/mol. The molecule has 1 aliphatic rings. The summed E-state index contributed by atoms with van der Waals surface area (Å²) < 4.78 is 38.9. The van der Waals surface area contributed by atoms with E-state index in [0.29, 0.717) is 44.5 Å². The molecule has 1 amide bonds. The van der Waals surface area contributed by atoms with Crippen LogP contribution in [-0.4, -0.2) is 58.2 Å². The molecule has 232 valence electrons. The maximum atomic E-state index is 14.6. The Kier molecular flexibility index (Phi) is 12.5. The van der Waals surface area contributed by atoms with Crippen molar-refractivity contribution in [2.75, 3.05) is 13.3 Å². The normalized spacial score (nSPS) is 16.4. The molecular formula is C29H35F2N5O7. The minimum Gasteiger partial charge on any atom is -0.411 e. The zero-order valence-electron chi connectivity index (χ0n) is 23.4. The average molecular weight is 604 g/mol. The second kappa shape index (κ2) is 16.3. The summed E-state index contributed by atoms with van der Waals surface area (Å²) in [6, 6.07) is 11.7. The number of amidine groups is 1. The lowest BCUT2D eigenvalue weighted by atomic mass is 10.0. The van der Waals surface area contributed by atoms with Gasteiger partial charge in [-0.1, -0.05) is 55.3 Å². The van der Waals surface area contributed by atoms with Gasteiger partial charge >= 0.3 is 12.1 Å². The number of hydrogen-bond donors (Lipinski definition) is 3. The summed E-state index contributed by atoms with van der Waals surface area (Å²) in [5.41, 5.74) is 2.03. The number of nitrogens with two attached hydrogens (primary N) is 1. The van der Waals surface area contributed by atoms with Gasteiger partial charge in [-0.05, 0) is 31.4 Å². The summed E-state index contributed by atoms with van der Waals surface area (Å²) in [5.74, 6) is 2.49. The van der Waals surface area contributed by atoms with Gasteiger partial charge in [0.25, 0.3) is 5.69 Å². The summed E-state index contributed by atoms with van der Waals surface area (Å²) in [5, 5.41) is 20.8. The van der Waals surface area contributed by atoms with Gasteiger partial charge in [0.05, 0.1) is 11.0 Å². The van der Waals surface area contributed by atoms with Crippen molar-refractivity contribution in [1.82, 2.24) is 10.3 Å². The number of hydrogen-bond acceptors (Lipinski definition) is 9. The molecule has 1 aliphatic heterocycles. The van der Waals surface area contributed by atoms with E-state index in [2.05, 4.69) is 10.4 Å². The third-order valence-electron chi connectivity index (χ3n) is 6.84. The van der Waals surface area contributed by atoms with E-state index in [4.69, 9.17) is 15.3 Å². The smallest absolute Gasteiger partial charge is 0.411 e. The number of ether oxygens (including phenoxy) is 2. The molecule has 0 spiro atoms. The number of nitrogens with one attached hydrogen (secondary N) is 1. The first kappa shape index (κ1) is 33.1. The van der Waals surface area contributed by atoms with Crippen LogP contribution in [0.3, 0.4) is 0 Å². The third-order valence-corrected chi connectivity index (χ3v) is 6.84. The number of amides is 1. The Morgan fingerprint density at radius 3 is 2.56 bits per heavy atom. The summed E-state index contributed by atoms with van der Waals surface area (Å²) >= 11 is 0. The van der Waals surface area contributed by atoms with Crippen LogP contribution in [0.15, 0.2) is 71.7 Å². The number of aliphatic imine (C=N–C) groups is 1. The van der Waals surface area contributed by atoms with Crippen LogP contribution in [0.25, 0.3) is 0 Å². The zero-order valence-corrected chi connectivity index (χ0v) is 23.4. The number of carbonyl (C=O) groups excluding carboxylic acids is 2. The van der Waals surface area contributed by atoms with E-state index in [1.54, 1.807) is 11.0 Å². The molecule has 12 nitrogen and oxygen atoms in total. The molecule has 0 saturated carbocycles. The summed E-state index contributed by atoms with van der Waals surface area (Å²) in [4.78, 5) is 40.0. The van der Waals surface area contributed by atoms with Crippen molar-refractivity contribution in [3.8, 4) is 5.75 Å². The van der Waals surface area contributed by atoms with Crippen molar-refractivity contribution < 1.29 is 37.9 Å². The molecule has 2 aromatic carbocycles. The van der Waals surface area contributed by atoms with Gasteiger partial charge in [-0.3, -0.25) is 14.9 Å². The van der Waals surface area contributed by atoms with Gasteiger partial charge in [-0.25, -0.2) is 15.6 Å². The van der Waals surface area contributed by atoms with E-state index in [1.807, 2.05) is 0 Å². The molecule has 2 atom stereocenters. The number of aliphatic hydroxyl groups is 1. The highest BCUT2D eigenvalue weighted by Gasteiger charge is 2.39. The Labute approximate surface area is 247 Å². The van der Waals surface area contributed by atoms with Crippen LogP contribution in [0.1, 0.15) is 50.5 Å². The SMILES string of the molecule is NNC(CCCCCCN1C(=O)CCC1/C=C/C(O)C(F)(F)c1ccccc1)=NCOC(=O)Oc1ccc([N+](=O)[O-])cc1. The number of carbonyl (C=O) groups is 2. The van der Waals surface area contributed by atoms with E-state index < -0.39 is 23.1 Å². The average Bonchev–Trinajstić information content (AvgIpc) is 3.35. The van der Waals surface area contributed by atoms with Gasteiger partial charge < -0.3 is 24.9 Å². The van der Waals surface area contributed by atoms with E-state index in [9.17, 15) is 33.6 Å². The monoisotopic (exact) mass is 603 g/mol. The zero-order chi connectivity index (χ0) is 31.2. The van der Waals surface area contributed by atoms with Crippen LogP contribution in [0.2, 0.25) is 0 Å². The van der Waals surface area contributed by atoms with Gasteiger partial charge in [-0.15, -0.1) is 0 Å². The number of unbranched alkanes of at least 4 members (excludes halogenated alkanes) is 3. The molecule has 4 N–H and O–H groups in total. The number of nitro benzene ring substituents is 1. The first-order chi connectivity index (χ1) is 20.6. The number of rotatable bonds is 15. The van der Waals surface area contributed by atoms with E-state index >= 15 is 0 Å². The Morgan fingerprint density at radius 1 is 1.19 bits per heavy atom. The molecule has 2 unspecified atom stereocenters. The quantitative estimate of drug-likeness (QED) is 0.0303. The molecule has 3 rings (SSSR count). The van der Waals surface area contributed by atoms with Gasteiger partial charge in [0, 0.05) is 37.1 Å².